The lowest BCUT2D eigenvalue weighted by atomic mass is 10.3. The van der Waals surface area contributed by atoms with Crippen LogP contribution in [0, 0.1) is 0 Å². The Bertz CT molecular complexity index is 410. The van der Waals surface area contributed by atoms with Crippen LogP contribution in [-0.4, -0.2) is 29.8 Å². The van der Waals surface area contributed by atoms with Gasteiger partial charge in [-0.2, -0.15) is 8.42 Å². The molecule has 0 heterocycles. The molecule has 0 unspecified atom stereocenters. The van der Waals surface area contributed by atoms with Crippen molar-refractivity contribution in [3.63, 3.8) is 0 Å². The molecule has 0 atom stereocenters. The average molecular weight is 232 g/mol. The molecular weight excluding hydrogens is 220 g/mol. The van der Waals surface area contributed by atoms with Gasteiger partial charge in [0.25, 0.3) is 10.1 Å². The molecule has 0 saturated carbocycles. The highest BCUT2D eigenvalue weighted by Gasteiger charge is 2.12. The number of aliphatic hydroxyl groups is 1. The van der Waals surface area contributed by atoms with E-state index in [0.29, 0.717) is 0 Å². The summed E-state index contributed by atoms with van der Waals surface area (Å²) in [4.78, 5) is -0.472. The fraction of sp³-hybridized carbons (Fsp3) is 0.111. The van der Waals surface area contributed by atoms with Gasteiger partial charge in [0.2, 0.25) is 0 Å². The fourth-order valence-corrected chi connectivity index (χ4v) is 1.26. The number of phenols is 1. The number of aromatic hydroxyl groups is 1. The number of para-hydroxylation sites is 1. The van der Waals surface area contributed by atoms with Crippen molar-refractivity contribution in [2.45, 2.75) is 4.90 Å². The van der Waals surface area contributed by atoms with Gasteiger partial charge in [-0.3, -0.25) is 4.55 Å². The molecule has 6 heteroatoms. The van der Waals surface area contributed by atoms with Crippen LogP contribution in [-0.2, 0) is 10.1 Å². The zero-order valence-electron chi connectivity index (χ0n) is 7.87. The smallest absolute Gasteiger partial charge is 0.298 e. The van der Waals surface area contributed by atoms with Gasteiger partial charge in [-0.25, -0.2) is 0 Å². The van der Waals surface area contributed by atoms with Crippen molar-refractivity contribution in [1.29, 1.82) is 0 Å². The SMILES string of the molecule is C=CCO.O=S(=O)(O)c1ccccc1O. The lowest BCUT2D eigenvalue weighted by Gasteiger charge is -1.97. The second kappa shape index (κ2) is 6.18. The Labute approximate surface area is 88.1 Å². The average Bonchev–Trinajstić information content (AvgIpc) is 2.17. The van der Waals surface area contributed by atoms with Gasteiger partial charge in [0.15, 0.2) is 0 Å². The third-order valence-corrected chi connectivity index (χ3v) is 2.17. The summed E-state index contributed by atoms with van der Waals surface area (Å²) in [5.41, 5.74) is 0. The van der Waals surface area contributed by atoms with Crippen molar-refractivity contribution in [2.24, 2.45) is 0 Å². The lowest BCUT2D eigenvalue weighted by Crippen LogP contribution is -1.97. The van der Waals surface area contributed by atoms with E-state index in [1.54, 1.807) is 0 Å². The van der Waals surface area contributed by atoms with Gasteiger partial charge in [-0.15, -0.1) is 6.58 Å². The van der Waals surface area contributed by atoms with E-state index in [0.717, 1.165) is 6.07 Å². The predicted molar refractivity (Wildman–Crippen MR) is 55.2 cm³/mol. The molecule has 3 N–H and O–H groups in total. The maximum Gasteiger partial charge on any atom is 0.298 e. The van der Waals surface area contributed by atoms with Gasteiger partial charge in [-0.1, -0.05) is 18.2 Å². The molecule has 0 saturated heterocycles. The quantitative estimate of drug-likeness (QED) is 0.518. The Morgan fingerprint density at radius 2 is 1.80 bits per heavy atom. The molecule has 0 aromatic heterocycles. The molecule has 0 bridgehead atoms. The second-order valence-corrected chi connectivity index (χ2v) is 3.80. The van der Waals surface area contributed by atoms with Crippen molar-refractivity contribution in [1.82, 2.24) is 0 Å². The minimum absolute atomic E-state index is 0.0833. The summed E-state index contributed by atoms with van der Waals surface area (Å²) in [6, 6.07) is 5.17. The molecule has 0 fully saturated rings. The molecule has 5 nitrogen and oxygen atoms in total. The molecule has 0 aliphatic carbocycles. The van der Waals surface area contributed by atoms with E-state index in [1.807, 2.05) is 0 Å². The molecule has 1 aromatic rings. The van der Waals surface area contributed by atoms with Gasteiger partial charge in [0.1, 0.15) is 10.6 Å². The van der Waals surface area contributed by atoms with Crippen LogP contribution in [0.25, 0.3) is 0 Å². The lowest BCUT2D eigenvalue weighted by molar-refractivity contribution is 0.343. The molecule has 1 rings (SSSR count). The minimum atomic E-state index is -4.28. The Morgan fingerprint density at radius 1 is 1.33 bits per heavy atom. The maximum atomic E-state index is 10.4. The number of phenolic OH excluding ortho intramolecular Hbond substituents is 1. The van der Waals surface area contributed by atoms with Crippen LogP contribution in [0.4, 0.5) is 0 Å². The molecule has 0 spiro atoms. The monoisotopic (exact) mass is 232 g/mol. The molecule has 0 amide bonds. The van der Waals surface area contributed by atoms with Crippen LogP contribution >= 0.6 is 0 Å². The van der Waals surface area contributed by atoms with Gasteiger partial charge in [0, 0.05) is 0 Å². The highest BCUT2D eigenvalue weighted by molar-refractivity contribution is 7.86. The molecule has 0 aliphatic rings. The third kappa shape index (κ3) is 5.16. The molecule has 0 radical (unpaired) electrons. The van der Waals surface area contributed by atoms with Crippen LogP contribution in [0.5, 0.6) is 5.75 Å². The van der Waals surface area contributed by atoms with E-state index < -0.39 is 20.8 Å². The Morgan fingerprint density at radius 3 is 2.07 bits per heavy atom. The van der Waals surface area contributed by atoms with E-state index in [9.17, 15) is 8.42 Å². The number of hydrogen-bond donors (Lipinski definition) is 3. The van der Waals surface area contributed by atoms with Gasteiger partial charge in [0.05, 0.1) is 6.61 Å². The summed E-state index contributed by atoms with van der Waals surface area (Å²) in [6.45, 7) is 3.31. The first-order valence-corrected chi connectivity index (χ1v) is 5.34. The first-order valence-electron chi connectivity index (χ1n) is 3.90. The number of rotatable bonds is 2. The summed E-state index contributed by atoms with van der Waals surface area (Å²) in [6.07, 6.45) is 1.43. The highest BCUT2D eigenvalue weighted by Crippen LogP contribution is 2.20. The van der Waals surface area contributed by atoms with Crippen molar-refractivity contribution in [2.75, 3.05) is 6.61 Å². The zero-order valence-corrected chi connectivity index (χ0v) is 8.68. The number of benzene rings is 1. The normalized spacial score (nSPS) is 10.0. The van der Waals surface area contributed by atoms with Crippen LogP contribution in [0.3, 0.4) is 0 Å². The van der Waals surface area contributed by atoms with Crippen molar-refractivity contribution in [3.8, 4) is 5.75 Å². The van der Waals surface area contributed by atoms with E-state index in [-0.39, 0.29) is 6.61 Å². The van der Waals surface area contributed by atoms with Gasteiger partial charge >= 0.3 is 0 Å². The molecular formula is C9H12O5S. The Hall–Kier alpha value is -1.37. The summed E-state index contributed by atoms with van der Waals surface area (Å²) in [5, 5.41) is 16.7. The van der Waals surface area contributed by atoms with E-state index in [4.69, 9.17) is 14.8 Å². The minimum Gasteiger partial charge on any atom is -0.506 e. The van der Waals surface area contributed by atoms with Crippen LogP contribution in [0.2, 0.25) is 0 Å². The summed E-state index contributed by atoms with van der Waals surface area (Å²) < 4.78 is 29.4. The summed E-state index contributed by atoms with van der Waals surface area (Å²) in [5.74, 6) is -0.449. The third-order valence-electron chi connectivity index (χ3n) is 1.27. The molecule has 84 valence electrons. The largest absolute Gasteiger partial charge is 0.506 e. The van der Waals surface area contributed by atoms with Gasteiger partial charge in [-0.05, 0) is 12.1 Å². The summed E-state index contributed by atoms with van der Waals surface area (Å²) in [7, 11) is -4.28. The number of hydrogen-bond acceptors (Lipinski definition) is 4. The first-order chi connectivity index (χ1) is 6.93. The van der Waals surface area contributed by atoms with Gasteiger partial charge < -0.3 is 10.2 Å². The first kappa shape index (κ1) is 13.6. The standard InChI is InChI=1S/C6H6O4S.C3H6O/c7-5-3-1-2-4-6(5)11(8,9)10;1-2-3-4/h1-4,7H,(H,8,9,10);2,4H,1,3H2. The van der Waals surface area contributed by atoms with Crippen molar-refractivity contribution < 1.29 is 23.2 Å². The Balaban J connectivity index is 0.000000423. The summed E-state index contributed by atoms with van der Waals surface area (Å²) >= 11 is 0. The topological polar surface area (TPSA) is 94.8 Å². The van der Waals surface area contributed by atoms with Crippen molar-refractivity contribution in [3.05, 3.63) is 36.9 Å². The Kier molecular flexibility index (Phi) is 5.61. The van der Waals surface area contributed by atoms with E-state index in [1.165, 1.54) is 24.3 Å². The molecule has 0 aliphatic heterocycles. The van der Waals surface area contributed by atoms with Crippen LogP contribution < -0.4 is 0 Å². The second-order valence-electron chi connectivity index (χ2n) is 2.41. The molecule has 15 heavy (non-hydrogen) atoms. The molecule has 1 aromatic carbocycles. The number of aliphatic hydroxyl groups excluding tert-OH is 1. The van der Waals surface area contributed by atoms with Crippen LogP contribution in [0.15, 0.2) is 41.8 Å². The zero-order chi connectivity index (χ0) is 11.9. The van der Waals surface area contributed by atoms with E-state index >= 15 is 0 Å². The predicted octanol–water partition coefficient (Wildman–Crippen LogP) is 0.804. The van der Waals surface area contributed by atoms with Crippen molar-refractivity contribution >= 4 is 10.1 Å². The van der Waals surface area contributed by atoms with E-state index in [2.05, 4.69) is 6.58 Å². The highest BCUT2D eigenvalue weighted by atomic mass is 32.2. The van der Waals surface area contributed by atoms with Crippen LogP contribution in [0.1, 0.15) is 0 Å². The fourth-order valence-electron chi connectivity index (χ4n) is 0.675. The maximum absolute atomic E-state index is 10.4.